The molecule has 0 aliphatic carbocycles. The minimum Gasteiger partial charge on any atom is -0.267 e. The van der Waals surface area contributed by atoms with Gasteiger partial charge in [0, 0.05) is 27.6 Å². The summed E-state index contributed by atoms with van der Waals surface area (Å²) in [5.74, 6) is 0.508. The first kappa shape index (κ1) is 21.1. The third-order valence-electron chi connectivity index (χ3n) is 4.04. The molecule has 1 N–H and O–H groups in total. The number of carbonyl (C=O) groups excluding carboxylic acids is 1. The molecule has 0 unspecified atom stereocenters. The van der Waals surface area contributed by atoms with Crippen LogP contribution in [0.15, 0.2) is 69.8 Å². The van der Waals surface area contributed by atoms with Gasteiger partial charge < -0.3 is 0 Å². The third-order valence-corrected chi connectivity index (χ3v) is 5.70. The maximum absolute atomic E-state index is 12.2. The molecule has 0 spiro atoms. The van der Waals surface area contributed by atoms with Crippen molar-refractivity contribution in [1.29, 1.82) is 0 Å². The van der Waals surface area contributed by atoms with Crippen LogP contribution >= 0.6 is 23.5 Å². The van der Waals surface area contributed by atoms with E-state index in [1.165, 1.54) is 4.90 Å². The highest BCUT2D eigenvalue weighted by Gasteiger charge is 2.06. The largest absolute Gasteiger partial charge is 0.271 e. The van der Waals surface area contributed by atoms with Crippen LogP contribution in [-0.2, 0) is 5.75 Å². The van der Waals surface area contributed by atoms with E-state index in [-0.39, 0.29) is 5.91 Å². The summed E-state index contributed by atoms with van der Waals surface area (Å²) < 4.78 is 0. The fourth-order valence-corrected chi connectivity index (χ4v) is 3.89. The topological polar surface area (TPSA) is 67.2 Å². The Morgan fingerprint density at radius 1 is 1.03 bits per heavy atom. The van der Waals surface area contributed by atoms with E-state index in [2.05, 4.69) is 20.5 Å². The summed E-state index contributed by atoms with van der Waals surface area (Å²) in [5.41, 5.74) is 7.10. The molecule has 0 radical (unpaired) electrons. The molecule has 1 aromatic heterocycles. The number of amides is 1. The summed E-state index contributed by atoms with van der Waals surface area (Å²) in [6.45, 7) is 3.93. The molecule has 3 aromatic rings. The van der Waals surface area contributed by atoms with Crippen LogP contribution in [0.5, 0.6) is 0 Å². The second-order valence-corrected chi connectivity index (χ2v) is 8.21. The van der Waals surface area contributed by atoms with Crippen molar-refractivity contribution >= 4 is 35.6 Å². The Labute approximate surface area is 179 Å². The third kappa shape index (κ3) is 6.44. The molecule has 3 rings (SSSR count). The summed E-state index contributed by atoms with van der Waals surface area (Å²) in [4.78, 5) is 22.3. The standard InChI is InChI=1S/C22H22N4OS2/c1-15-12-16(2)25-22(24-15)29-14-18-4-8-19(9-5-18)21(27)26-23-13-17-6-10-20(28-3)11-7-17/h4-13H,14H2,1-3H3,(H,26,27). The van der Waals surface area contributed by atoms with E-state index in [1.54, 1.807) is 41.9 Å². The molecule has 0 aliphatic rings. The van der Waals surface area contributed by atoms with Gasteiger partial charge in [0.05, 0.1) is 6.21 Å². The van der Waals surface area contributed by atoms with Crippen molar-refractivity contribution in [2.24, 2.45) is 5.10 Å². The highest BCUT2D eigenvalue weighted by molar-refractivity contribution is 7.98. The zero-order valence-corrected chi connectivity index (χ0v) is 18.2. The Hall–Kier alpha value is -2.64. The Kier molecular flexibility index (Phi) is 7.43. The van der Waals surface area contributed by atoms with Crippen molar-refractivity contribution in [2.75, 3.05) is 6.26 Å². The highest BCUT2D eigenvalue weighted by Crippen LogP contribution is 2.20. The van der Waals surface area contributed by atoms with E-state index in [4.69, 9.17) is 0 Å². The molecule has 5 nitrogen and oxygen atoms in total. The molecule has 0 bridgehead atoms. The number of nitrogens with zero attached hydrogens (tertiary/aromatic N) is 3. The number of hydrogen-bond acceptors (Lipinski definition) is 6. The smallest absolute Gasteiger partial charge is 0.267 e. The summed E-state index contributed by atoms with van der Waals surface area (Å²) in [6.07, 6.45) is 3.67. The van der Waals surface area contributed by atoms with Crippen LogP contribution in [0.1, 0.15) is 32.9 Å². The van der Waals surface area contributed by atoms with Gasteiger partial charge in [-0.2, -0.15) is 5.10 Å². The summed E-state index contributed by atoms with van der Waals surface area (Å²) in [6, 6.07) is 17.4. The van der Waals surface area contributed by atoms with Gasteiger partial charge in [0.1, 0.15) is 0 Å². The van der Waals surface area contributed by atoms with Gasteiger partial charge >= 0.3 is 0 Å². The van der Waals surface area contributed by atoms with Crippen LogP contribution in [0.3, 0.4) is 0 Å². The Morgan fingerprint density at radius 2 is 1.69 bits per heavy atom. The number of benzene rings is 2. The normalized spacial score (nSPS) is 11.0. The molecule has 29 heavy (non-hydrogen) atoms. The van der Waals surface area contributed by atoms with Gasteiger partial charge in [-0.1, -0.05) is 36.0 Å². The van der Waals surface area contributed by atoms with E-state index in [0.717, 1.165) is 33.4 Å². The van der Waals surface area contributed by atoms with E-state index in [1.807, 2.05) is 62.6 Å². The van der Waals surface area contributed by atoms with Crippen molar-refractivity contribution in [3.8, 4) is 0 Å². The Balaban J connectivity index is 1.53. The molecule has 2 aromatic carbocycles. The van der Waals surface area contributed by atoms with Gasteiger partial charge in [0.2, 0.25) is 0 Å². The predicted octanol–water partition coefficient (Wildman–Crippen LogP) is 4.87. The van der Waals surface area contributed by atoms with Crippen molar-refractivity contribution in [3.63, 3.8) is 0 Å². The molecule has 0 aliphatic heterocycles. The molecule has 0 fully saturated rings. The highest BCUT2D eigenvalue weighted by atomic mass is 32.2. The summed E-state index contributed by atoms with van der Waals surface area (Å²) in [5, 5.41) is 4.80. The number of carbonyl (C=O) groups is 1. The van der Waals surface area contributed by atoms with Gasteiger partial charge in [-0.05, 0) is 61.6 Å². The minimum atomic E-state index is -0.237. The lowest BCUT2D eigenvalue weighted by Gasteiger charge is -2.05. The average Bonchev–Trinajstić information content (AvgIpc) is 2.72. The molecule has 0 atom stereocenters. The first-order valence-electron chi connectivity index (χ1n) is 9.05. The van der Waals surface area contributed by atoms with E-state index >= 15 is 0 Å². The average molecular weight is 423 g/mol. The molecule has 7 heteroatoms. The number of hydrazone groups is 1. The van der Waals surface area contributed by atoms with Gasteiger partial charge in [-0.3, -0.25) is 4.79 Å². The van der Waals surface area contributed by atoms with Gasteiger partial charge in [-0.25, -0.2) is 15.4 Å². The molecule has 1 heterocycles. The molecular weight excluding hydrogens is 400 g/mol. The maximum Gasteiger partial charge on any atom is 0.271 e. The number of thioether (sulfide) groups is 2. The minimum absolute atomic E-state index is 0.237. The second kappa shape index (κ2) is 10.2. The fraction of sp³-hybridized carbons (Fsp3) is 0.182. The predicted molar refractivity (Wildman–Crippen MR) is 121 cm³/mol. The zero-order valence-electron chi connectivity index (χ0n) is 16.5. The number of hydrogen-bond donors (Lipinski definition) is 1. The number of rotatable bonds is 7. The lowest BCUT2D eigenvalue weighted by atomic mass is 10.1. The first-order chi connectivity index (χ1) is 14.0. The van der Waals surface area contributed by atoms with Gasteiger partial charge in [0.15, 0.2) is 5.16 Å². The first-order valence-corrected chi connectivity index (χ1v) is 11.3. The molecule has 148 valence electrons. The van der Waals surface area contributed by atoms with Crippen LogP contribution in [0.25, 0.3) is 0 Å². The van der Waals surface area contributed by atoms with Gasteiger partial charge in [-0.15, -0.1) is 11.8 Å². The zero-order chi connectivity index (χ0) is 20.6. The summed E-state index contributed by atoms with van der Waals surface area (Å²) >= 11 is 3.27. The Bertz CT molecular complexity index is 982. The SMILES string of the molecule is CSc1ccc(C=NNC(=O)c2ccc(CSc3nc(C)cc(C)n3)cc2)cc1. The molecular formula is C22H22N4OS2. The lowest BCUT2D eigenvalue weighted by Crippen LogP contribution is -2.17. The quantitative estimate of drug-likeness (QED) is 0.255. The van der Waals surface area contributed by atoms with E-state index in [0.29, 0.717) is 5.56 Å². The van der Waals surface area contributed by atoms with E-state index in [9.17, 15) is 4.79 Å². The van der Waals surface area contributed by atoms with Crippen LogP contribution in [0.4, 0.5) is 0 Å². The lowest BCUT2D eigenvalue weighted by molar-refractivity contribution is 0.0955. The number of nitrogens with one attached hydrogen (secondary N) is 1. The molecule has 1 amide bonds. The van der Waals surface area contributed by atoms with Crippen molar-refractivity contribution in [2.45, 2.75) is 29.7 Å². The van der Waals surface area contributed by atoms with Gasteiger partial charge in [0.25, 0.3) is 5.91 Å². The number of aryl methyl sites for hydroxylation is 2. The Morgan fingerprint density at radius 3 is 2.31 bits per heavy atom. The number of aromatic nitrogens is 2. The maximum atomic E-state index is 12.2. The molecule has 0 saturated carbocycles. The van der Waals surface area contributed by atoms with Crippen molar-refractivity contribution in [3.05, 3.63) is 82.7 Å². The van der Waals surface area contributed by atoms with Crippen LogP contribution in [-0.4, -0.2) is 28.3 Å². The fourth-order valence-electron chi connectivity index (χ4n) is 2.58. The monoisotopic (exact) mass is 422 g/mol. The second-order valence-electron chi connectivity index (χ2n) is 6.39. The van der Waals surface area contributed by atoms with Crippen LogP contribution in [0.2, 0.25) is 0 Å². The van der Waals surface area contributed by atoms with Crippen molar-refractivity contribution < 1.29 is 4.79 Å². The van der Waals surface area contributed by atoms with E-state index < -0.39 is 0 Å². The summed E-state index contributed by atoms with van der Waals surface area (Å²) in [7, 11) is 0. The molecule has 0 saturated heterocycles. The van der Waals surface area contributed by atoms with Crippen molar-refractivity contribution in [1.82, 2.24) is 15.4 Å². The van der Waals surface area contributed by atoms with Crippen LogP contribution < -0.4 is 5.43 Å². The van der Waals surface area contributed by atoms with Crippen LogP contribution in [0, 0.1) is 13.8 Å².